The lowest BCUT2D eigenvalue weighted by atomic mass is 9.66. The lowest BCUT2D eigenvalue weighted by molar-refractivity contribution is -0.148. The Balaban J connectivity index is 1.51. The predicted molar refractivity (Wildman–Crippen MR) is 115 cm³/mol. The zero-order valence-corrected chi connectivity index (χ0v) is 17.5. The Morgan fingerprint density at radius 3 is 2.00 bits per heavy atom. The molecular formula is C21H22N2O4S2. The second kappa shape index (κ2) is 6.88. The van der Waals surface area contributed by atoms with E-state index in [0.717, 1.165) is 61.9 Å². The number of hydrogen-bond donors (Lipinski definition) is 2. The maximum atomic E-state index is 13.2. The summed E-state index contributed by atoms with van der Waals surface area (Å²) in [5.74, 6) is -2.17. The van der Waals surface area contributed by atoms with Crippen LogP contribution in [0, 0.1) is 0 Å². The molecule has 5 rings (SSSR count). The molecule has 6 nitrogen and oxygen atoms in total. The van der Waals surface area contributed by atoms with Gasteiger partial charge in [-0.3, -0.25) is 9.59 Å². The summed E-state index contributed by atoms with van der Waals surface area (Å²) in [6, 6.07) is 7.32. The summed E-state index contributed by atoms with van der Waals surface area (Å²) in [6.07, 6.45) is 4.53. The Hall–Kier alpha value is -2.32. The fourth-order valence-electron chi connectivity index (χ4n) is 4.49. The minimum absolute atomic E-state index is 0.152. The molecule has 4 heterocycles. The van der Waals surface area contributed by atoms with Crippen LogP contribution in [0.3, 0.4) is 0 Å². The number of hydrogen-bond acceptors (Lipinski definition) is 7. The monoisotopic (exact) mass is 430 g/mol. The van der Waals surface area contributed by atoms with Gasteiger partial charge in [0, 0.05) is 35.9 Å². The van der Waals surface area contributed by atoms with E-state index in [1.54, 1.807) is 6.07 Å². The molecule has 0 saturated carbocycles. The number of aliphatic hydroxyl groups excluding tert-OH is 1. The third-order valence-corrected chi connectivity index (χ3v) is 8.54. The van der Waals surface area contributed by atoms with E-state index >= 15 is 0 Å². The molecular weight excluding hydrogens is 408 g/mol. The van der Waals surface area contributed by atoms with Crippen molar-refractivity contribution >= 4 is 50.0 Å². The van der Waals surface area contributed by atoms with E-state index in [2.05, 4.69) is 9.80 Å². The summed E-state index contributed by atoms with van der Waals surface area (Å²) < 4.78 is 0. The summed E-state index contributed by atoms with van der Waals surface area (Å²) in [5, 5.41) is 22.9. The first-order valence-corrected chi connectivity index (χ1v) is 11.6. The number of allylic oxidation sites excluding steroid dienone is 1. The second-order valence-corrected chi connectivity index (χ2v) is 9.90. The lowest BCUT2D eigenvalue weighted by Crippen LogP contribution is -2.53. The molecule has 3 aliphatic rings. The highest BCUT2D eigenvalue weighted by Gasteiger charge is 2.63. The molecule has 8 heteroatoms. The molecule has 0 aromatic carbocycles. The molecule has 2 aromatic rings. The SMILES string of the molecule is O=C(O)C1(c2ccc(N3CCCC3)s2)C(=O)C(c2ccc(N3CCCC3)s2)=C1O. The Labute approximate surface area is 176 Å². The van der Waals surface area contributed by atoms with Gasteiger partial charge in [-0.15, -0.1) is 22.7 Å². The summed E-state index contributed by atoms with van der Waals surface area (Å²) in [4.78, 5) is 30.9. The van der Waals surface area contributed by atoms with Gasteiger partial charge in [0.1, 0.15) is 5.76 Å². The minimum Gasteiger partial charge on any atom is -0.509 e. The lowest BCUT2D eigenvalue weighted by Gasteiger charge is -2.36. The molecule has 152 valence electrons. The molecule has 0 bridgehead atoms. The van der Waals surface area contributed by atoms with E-state index in [1.807, 2.05) is 18.2 Å². The van der Waals surface area contributed by atoms with Gasteiger partial charge in [-0.05, 0) is 49.9 Å². The molecule has 0 amide bonds. The highest BCUT2D eigenvalue weighted by molar-refractivity contribution is 7.18. The maximum Gasteiger partial charge on any atom is 0.330 e. The summed E-state index contributed by atoms with van der Waals surface area (Å²) in [7, 11) is 0. The van der Waals surface area contributed by atoms with E-state index in [4.69, 9.17) is 0 Å². The maximum absolute atomic E-state index is 13.2. The van der Waals surface area contributed by atoms with Gasteiger partial charge in [0.15, 0.2) is 5.78 Å². The van der Waals surface area contributed by atoms with Crippen molar-refractivity contribution < 1.29 is 19.8 Å². The first kappa shape index (κ1) is 18.7. The molecule has 2 saturated heterocycles. The van der Waals surface area contributed by atoms with Crippen LogP contribution >= 0.6 is 22.7 Å². The zero-order chi connectivity index (χ0) is 20.2. The molecule has 0 spiro atoms. The zero-order valence-electron chi connectivity index (χ0n) is 15.9. The second-order valence-electron chi connectivity index (χ2n) is 7.77. The Kier molecular flexibility index (Phi) is 4.43. The summed E-state index contributed by atoms with van der Waals surface area (Å²) in [6.45, 7) is 3.87. The first-order valence-electron chi connectivity index (χ1n) is 9.96. The van der Waals surface area contributed by atoms with Gasteiger partial charge >= 0.3 is 5.97 Å². The molecule has 2 N–H and O–H groups in total. The largest absolute Gasteiger partial charge is 0.509 e. The topological polar surface area (TPSA) is 81.1 Å². The Morgan fingerprint density at radius 1 is 0.897 bits per heavy atom. The van der Waals surface area contributed by atoms with Gasteiger partial charge in [0.2, 0.25) is 5.41 Å². The van der Waals surface area contributed by atoms with Crippen molar-refractivity contribution in [2.24, 2.45) is 0 Å². The van der Waals surface area contributed by atoms with E-state index in [-0.39, 0.29) is 11.3 Å². The number of aliphatic carboxylic acids is 1. The van der Waals surface area contributed by atoms with Crippen LogP contribution in [0.2, 0.25) is 0 Å². The van der Waals surface area contributed by atoms with Gasteiger partial charge in [-0.25, -0.2) is 0 Å². The van der Waals surface area contributed by atoms with Crippen LogP contribution in [0.15, 0.2) is 30.0 Å². The molecule has 2 aliphatic heterocycles. The summed E-state index contributed by atoms with van der Waals surface area (Å²) >= 11 is 2.74. The smallest absolute Gasteiger partial charge is 0.330 e. The quantitative estimate of drug-likeness (QED) is 0.701. The average molecular weight is 431 g/mol. The number of thiophene rings is 2. The van der Waals surface area contributed by atoms with E-state index in [0.29, 0.717) is 9.75 Å². The van der Waals surface area contributed by atoms with Crippen LogP contribution in [0.1, 0.15) is 35.4 Å². The van der Waals surface area contributed by atoms with Gasteiger partial charge in [-0.1, -0.05) is 0 Å². The normalized spacial score (nSPS) is 24.5. The summed E-state index contributed by atoms with van der Waals surface area (Å²) in [5.41, 5.74) is -1.81. The van der Waals surface area contributed by atoms with Gasteiger partial charge in [0.25, 0.3) is 0 Å². The number of carboxylic acid groups (broad SMARTS) is 1. The van der Waals surface area contributed by atoms with Crippen LogP contribution in [0.5, 0.6) is 0 Å². The number of carbonyl (C=O) groups is 2. The molecule has 1 unspecified atom stereocenters. The fraction of sp³-hybridized carbons (Fsp3) is 0.429. The predicted octanol–water partition coefficient (Wildman–Crippen LogP) is 3.88. The van der Waals surface area contributed by atoms with E-state index < -0.39 is 17.2 Å². The Bertz CT molecular complexity index is 1010. The van der Waals surface area contributed by atoms with Crippen LogP contribution in [-0.2, 0) is 15.0 Å². The van der Waals surface area contributed by atoms with Crippen molar-refractivity contribution in [1.82, 2.24) is 0 Å². The Morgan fingerprint density at radius 2 is 1.45 bits per heavy atom. The third-order valence-electron chi connectivity index (χ3n) is 6.12. The third kappa shape index (κ3) is 2.65. The van der Waals surface area contributed by atoms with Crippen LogP contribution in [0.4, 0.5) is 10.0 Å². The van der Waals surface area contributed by atoms with Crippen LogP contribution < -0.4 is 9.80 Å². The number of aliphatic hydroxyl groups is 1. The first-order chi connectivity index (χ1) is 14.0. The number of anilines is 2. The van der Waals surface area contributed by atoms with Crippen LogP contribution in [-0.4, -0.2) is 48.1 Å². The van der Waals surface area contributed by atoms with E-state index in [1.165, 1.54) is 22.7 Å². The van der Waals surface area contributed by atoms with Gasteiger partial charge in [-0.2, -0.15) is 0 Å². The number of carboxylic acids is 1. The highest BCUT2D eigenvalue weighted by atomic mass is 32.1. The average Bonchev–Trinajstić information content (AvgIpc) is 3.47. The molecule has 29 heavy (non-hydrogen) atoms. The molecule has 0 radical (unpaired) electrons. The molecule has 2 aromatic heterocycles. The van der Waals surface area contributed by atoms with Crippen molar-refractivity contribution in [2.45, 2.75) is 31.1 Å². The minimum atomic E-state index is -1.96. The van der Waals surface area contributed by atoms with Gasteiger partial charge in [0.05, 0.1) is 15.6 Å². The number of nitrogens with zero attached hydrogens (tertiary/aromatic N) is 2. The number of rotatable bonds is 5. The standard InChI is InChI=1S/C21H22N2O4S2/c24-18-17(13-5-7-15(28-13)22-9-1-2-10-22)19(25)21(18,20(26)27)14-6-8-16(29-14)23-11-3-4-12-23/h5-8,24H,1-4,9-12H2,(H,26,27). The fourth-order valence-corrected chi connectivity index (χ4v) is 6.83. The number of ketones is 1. The molecule has 2 fully saturated rings. The van der Waals surface area contributed by atoms with Crippen molar-refractivity contribution in [3.05, 3.63) is 39.8 Å². The van der Waals surface area contributed by atoms with Crippen LogP contribution in [0.25, 0.3) is 5.57 Å². The van der Waals surface area contributed by atoms with Crippen molar-refractivity contribution in [3.8, 4) is 0 Å². The van der Waals surface area contributed by atoms with Crippen molar-refractivity contribution in [1.29, 1.82) is 0 Å². The molecule has 1 atom stereocenters. The van der Waals surface area contributed by atoms with Crippen molar-refractivity contribution in [3.63, 3.8) is 0 Å². The van der Waals surface area contributed by atoms with Gasteiger partial charge < -0.3 is 20.0 Å². The highest BCUT2D eigenvalue weighted by Crippen LogP contribution is 2.53. The molecule has 1 aliphatic carbocycles. The van der Waals surface area contributed by atoms with Crippen molar-refractivity contribution in [2.75, 3.05) is 36.0 Å². The number of carbonyl (C=O) groups excluding carboxylic acids is 1. The number of Topliss-reactive ketones (excluding diaryl/α,β-unsaturated/α-hetero) is 1. The van der Waals surface area contributed by atoms with E-state index in [9.17, 15) is 19.8 Å².